The summed E-state index contributed by atoms with van der Waals surface area (Å²) < 4.78 is 2.11. The lowest BCUT2D eigenvalue weighted by molar-refractivity contribution is -0.130. The molecule has 6 nitrogen and oxygen atoms in total. The number of carbonyl (C=O) groups excluding carboxylic acids is 1. The maximum Gasteiger partial charge on any atom is 0.219 e. The van der Waals surface area contributed by atoms with Gasteiger partial charge in [-0.3, -0.25) is 9.69 Å². The van der Waals surface area contributed by atoms with Gasteiger partial charge in [0.2, 0.25) is 5.91 Å². The first kappa shape index (κ1) is 20.4. The number of anilines is 1. The van der Waals surface area contributed by atoms with Crippen LogP contribution < -0.4 is 5.73 Å². The molecule has 2 N–H and O–H groups in total. The van der Waals surface area contributed by atoms with Crippen LogP contribution in [0.15, 0.2) is 42.6 Å². The maximum atomic E-state index is 11.7. The highest BCUT2D eigenvalue weighted by molar-refractivity contribution is 5.73. The SMILES string of the molecule is CC(=O)N1CCN(Cc2c(-c3ccc(C(C)(C)C)cc3)nc3ccc(N)cn23)CC1. The Hall–Kier alpha value is -2.86. The number of aromatic nitrogens is 2. The number of imidazole rings is 1. The lowest BCUT2D eigenvalue weighted by Gasteiger charge is -2.34. The Balaban J connectivity index is 1.69. The quantitative estimate of drug-likeness (QED) is 0.724. The molecule has 3 heterocycles. The lowest BCUT2D eigenvalue weighted by atomic mass is 9.86. The average molecular weight is 406 g/mol. The number of rotatable bonds is 3. The molecule has 1 amide bonds. The summed E-state index contributed by atoms with van der Waals surface area (Å²) >= 11 is 0. The molecule has 1 aliphatic rings. The first-order chi connectivity index (χ1) is 14.2. The molecule has 3 aromatic rings. The molecule has 0 radical (unpaired) electrons. The molecule has 2 aromatic heterocycles. The number of pyridine rings is 1. The van der Waals surface area contributed by atoms with E-state index in [4.69, 9.17) is 10.7 Å². The normalized spacial score (nSPS) is 15.7. The fourth-order valence-corrected chi connectivity index (χ4v) is 4.05. The molecule has 0 bridgehead atoms. The van der Waals surface area contributed by atoms with Crippen LogP contribution in [0.4, 0.5) is 5.69 Å². The average Bonchev–Trinajstić information content (AvgIpc) is 3.05. The molecule has 0 spiro atoms. The van der Waals surface area contributed by atoms with Crippen LogP contribution in [0.25, 0.3) is 16.9 Å². The van der Waals surface area contributed by atoms with Crippen molar-refractivity contribution in [1.29, 1.82) is 0 Å². The number of carbonyl (C=O) groups is 1. The lowest BCUT2D eigenvalue weighted by Crippen LogP contribution is -2.47. The number of benzene rings is 1. The van der Waals surface area contributed by atoms with Crippen molar-refractivity contribution in [3.8, 4) is 11.3 Å². The summed E-state index contributed by atoms with van der Waals surface area (Å²) in [4.78, 5) is 20.9. The van der Waals surface area contributed by atoms with Crippen LogP contribution in [0.1, 0.15) is 39.0 Å². The van der Waals surface area contributed by atoms with E-state index in [0.29, 0.717) is 0 Å². The van der Waals surface area contributed by atoms with Crippen LogP contribution in [0.2, 0.25) is 0 Å². The van der Waals surface area contributed by atoms with E-state index in [2.05, 4.69) is 54.3 Å². The zero-order valence-corrected chi connectivity index (χ0v) is 18.4. The number of fused-ring (bicyclic) bond motifs is 1. The third kappa shape index (κ3) is 4.05. The molecular weight excluding hydrogens is 374 g/mol. The van der Waals surface area contributed by atoms with Crippen molar-refractivity contribution in [2.24, 2.45) is 0 Å². The minimum atomic E-state index is 0.116. The minimum Gasteiger partial charge on any atom is -0.398 e. The van der Waals surface area contributed by atoms with E-state index in [0.717, 1.165) is 61.0 Å². The van der Waals surface area contributed by atoms with Gasteiger partial charge in [0.1, 0.15) is 5.65 Å². The third-order valence-corrected chi connectivity index (χ3v) is 5.96. The van der Waals surface area contributed by atoms with Crippen molar-refractivity contribution in [2.45, 2.75) is 39.7 Å². The number of hydrogen-bond donors (Lipinski definition) is 1. The van der Waals surface area contributed by atoms with Gasteiger partial charge in [-0.15, -0.1) is 0 Å². The molecule has 4 rings (SSSR count). The number of nitrogen functional groups attached to an aromatic ring is 1. The third-order valence-electron chi connectivity index (χ3n) is 5.96. The van der Waals surface area contributed by atoms with Gasteiger partial charge in [0.15, 0.2) is 0 Å². The van der Waals surface area contributed by atoms with E-state index < -0.39 is 0 Å². The van der Waals surface area contributed by atoms with E-state index >= 15 is 0 Å². The second kappa shape index (κ2) is 7.76. The molecule has 158 valence electrons. The molecule has 6 heteroatoms. The maximum absolute atomic E-state index is 11.7. The van der Waals surface area contributed by atoms with Crippen molar-refractivity contribution >= 4 is 17.2 Å². The first-order valence-corrected chi connectivity index (χ1v) is 10.6. The summed E-state index contributed by atoms with van der Waals surface area (Å²) in [6.07, 6.45) is 1.95. The largest absolute Gasteiger partial charge is 0.398 e. The Morgan fingerprint density at radius 1 is 1.03 bits per heavy atom. The van der Waals surface area contributed by atoms with Gasteiger partial charge in [0.25, 0.3) is 0 Å². The van der Waals surface area contributed by atoms with Gasteiger partial charge in [-0.05, 0) is 23.1 Å². The summed E-state index contributed by atoms with van der Waals surface area (Å²) in [5.74, 6) is 0.150. The molecule has 0 saturated carbocycles. The highest BCUT2D eigenvalue weighted by atomic mass is 16.2. The van der Waals surface area contributed by atoms with E-state index in [1.165, 1.54) is 5.56 Å². The van der Waals surface area contributed by atoms with Crippen LogP contribution in [0.3, 0.4) is 0 Å². The second-order valence-electron chi connectivity index (χ2n) is 9.21. The molecule has 0 aliphatic carbocycles. The summed E-state index contributed by atoms with van der Waals surface area (Å²) in [6, 6.07) is 12.6. The van der Waals surface area contributed by atoms with Gasteiger partial charge in [-0.1, -0.05) is 45.0 Å². The number of amides is 1. The zero-order chi connectivity index (χ0) is 21.5. The predicted molar refractivity (Wildman–Crippen MR) is 121 cm³/mol. The van der Waals surface area contributed by atoms with Crippen LogP contribution in [-0.4, -0.2) is 51.3 Å². The summed E-state index contributed by atoms with van der Waals surface area (Å²) in [7, 11) is 0. The Morgan fingerprint density at radius 3 is 2.30 bits per heavy atom. The van der Waals surface area contributed by atoms with Crippen molar-refractivity contribution in [2.75, 3.05) is 31.9 Å². The molecule has 1 saturated heterocycles. The standard InChI is InChI=1S/C24H31N5O/c1-17(30)28-13-11-27(12-14-28)16-21-23(26-22-10-9-20(25)15-29(21)22)18-5-7-19(8-6-18)24(2,3)4/h5-10,15H,11-14,16,25H2,1-4H3. The van der Waals surface area contributed by atoms with Gasteiger partial charge in [0, 0.05) is 57.1 Å². The molecule has 0 unspecified atom stereocenters. The summed E-state index contributed by atoms with van der Waals surface area (Å²) in [5.41, 5.74) is 12.4. The molecular formula is C24H31N5O. The highest BCUT2D eigenvalue weighted by Crippen LogP contribution is 2.29. The van der Waals surface area contributed by atoms with Crippen molar-refractivity contribution < 1.29 is 4.79 Å². The van der Waals surface area contributed by atoms with Gasteiger partial charge in [-0.25, -0.2) is 4.98 Å². The van der Waals surface area contributed by atoms with Crippen molar-refractivity contribution in [3.63, 3.8) is 0 Å². The van der Waals surface area contributed by atoms with Crippen LogP contribution in [0.5, 0.6) is 0 Å². The Morgan fingerprint density at radius 2 is 1.70 bits per heavy atom. The molecule has 1 aromatic carbocycles. The minimum absolute atomic E-state index is 0.116. The van der Waals surface area contributed by atoms with Gasteiger partial charge in [0.05, 0.1) is 11.4 Å². The van der Waals surface area contributed by atoms with E-state index in [1.54, 1.807) is 6.92 Å². The Kier molecular flexibility index (Phi) is 5.28. The monoisotopic (exact) mass is 405 g/mol. The van der Waals surface area contributed by atoms with Crippen LogP contribution in [-0.2, 0) is 16.8 Å². The van der Waals surface area contributed by atoms with Crippen LogP contribution >= 0.6 is 0 Å². The second-order valence-corrected chi connectivity index (χ2v) is 9.21. The van der Waals surface area contributed by atoms with Gasteiger partial charge >= 0.3 is 0 Å². The zero-order valence-electron chi connectivity index (χ0n) is 18.4. The summed E-state index contributed by atoms with van der Waals surface area (Å²) in [6.45, 7) is 12.3. The smallest absolute Gasteiger partial charge is 0.219 e. The van der Waals surface area contributed by atoms with E-state index in [9.17, 15) is 4.79 Å². The van der Waals surface area contributed by atoms with Gasteiger partial charge < -0.3 is 15.0 Å². The van der Waals surface area contributed by atoms with Crippen molar-refractivity contribution in [1.82, 2.24) is 19.2 Å². The first-order valence-electron chi connectivity index (χ1n) is 10.6. The number of piperazine rings is 1. The van der Waals surface area contributed by atoms with E-state index in [-0.39, 0.29) is 11.3 Å². The van der Waals surface area contributed by atoms with E-state index in [1.807, 2.05) is 23.2 Å². The number of nitrogens with two attached hydrogens (primary N) is 1. The predicted octanol–water partition coefficient (Wildman–Crippen LogP) is 3.55. The fraction of sp³-hybridized carbons (Fsp3) is 0.417. The van der Waals surface area contributed by atoms with Crippen molar-refractivity contribution in [3.05, 3.63) is 53.9 Å². The molecule has 0 atom stereocenters. The Bertz CT molecular complexity index is 1050. The fourth-order valence-electron chi connectivity index (χ4n) is 4.05. The summed E-state index contributed by atoms with van der Waals surface area (Å²) in [5, 5.41) is 0. The highest BCUT2D eigenvalue weighted by Gasteiger charge is 2.22. The molecule has 30 heavy (non-hydrogen) atoms. The van der Waals surface area contributed by atoms with Gasteiger partial charge in [-0.2, -0.15) is 0 Å². The Labute approximate surface area is 178 Å². The number of hydrogen-bond acceptors (Lipinski definition) is 4. The molecule has 1 fully saturated rings. The number of nitrogens with zero attached hydrogens (tertiary/aromatic N) is 4. The molecule has 1 aliphatic heterocycles. The topological polar surface area (TPSA) is 66.9 Å². The van der Waals surface area contributed by atoms with Crippen LogP contribution in [0, 0.1) is 0 Å².